The van der Waals surface area contributed by atoms with E-state index in [0.29, 0.717) is 19.0 Å². The van der Waals surface area contributed by atoms with Gasteiger partial charge in [-0.3, -0.25) is 9.59 Å². The van der Waals surface area contributed by atoms with Gasteiger partial charge in [0.1, 0.15) is 0 Å². The van der Waals surface area contributed by atoms with Gasteiger partial charge in [0.2, 0.25) is 0 Å². The van der Waals surface area contributed by atoms with Crippen LogP contribution in [0.15, 0.2) is 16.9 Å². The molecule has 0 aromatic carbocycles. The van der Waals surface area contributed by atoms with Crippen LogP contribution in [0.1, 0.15) is 41.7 Å². The van der Waals surface area contributed by atoms with Crippen LogP contribution < -0.4 is 10.9 Å². The second-order valence-corrected chi connectivity index (χ2v) is 5.19. The third kappa shape index (κ3) is 2.25. The number of ketones is 1. The van der Waals surface area contributed by atoms with Crippen LogP contribution in [-0.4, -0.2) is 22.9 Å². The highest BCUT2D eigenvalue weighted by atomic mass is 16.1. The molecule has 18 heavy (non-hydrogen) atoms. The predicted molar refractivity (Wildman–Crippen MR) is 69.0 cm³/mol. The van der Waals surface area contributed by atoms with Gasteiger partial charge in [0.25, 0.3) is 5.56 Å². The van der Waals surface area contributed by atoms with Gasteiger partial charge in [-0.05, 0) is 31.7 Å². The van der Waals surface area contributed by atoms with E-state index in [1.807, 2.05) is 0 Å². The first-order chi connectivity index (χ1) is 8.75. The fourth-order valence-corrected chi connectivity index (χ4v) is 2.61. The lowest BCUT2D eigenvalue weighted by atomic mass is 9.94. The van der Waals surface area contributed by atoms with Crippen LogP contribution in [0.3, 0.4) is 0 Å². The van der Waals surface area contributed by atoms with Crippen molar-refractivity contribution in [3.63, 3.8) is 0 Å². The van der Waals surface area contributed by atoms with Gasteiger partial charge in [-0.25, -0.2) is 0 Å². The van der Waals surface area contributed by atoms with Crippen LogP contribution in [0.5, 0.6) is 0 Å². The zero-order valence-corrected chi connectivity index (χ0v) is 10.4. The van der Waals surface area contributed by atoms with Crippen LogP contribution in [0.25, 0.3) is 0 Å². The second-order valence-electron chi connectivity index (χ2n) is 5.19. The van der Waals surface area contributed by atoms with Gasteiger partial charge >= 0.3 is 0 Å². The van der Waals surface area contributed by atoms with Crippen molar-refractivity contribution in [1.82, 2.24) is 9.88 Å². The van der Waals surface area contributed by atoms with Gasteiger partial charge in [0.15, 0.2) is 5.78 Å². The molecule has 1 heterocycles. The Balaban J connectivity index is 1.84. The molecule has 0 bridgehead atoms. The molecule has 0 atom stereocenters. The van der Waals surface area contributed by atoms with Crippen LogP contribution >= 0.6 is 0 Å². The SMILES string of the molecule is O=C1CCCc2c1ccc(=O)n2CCNC1CC1. The summed E-state index contributed by atoms with van der Waals surface area (Å²) in [5, 5.41) is 3.41. The zero-order valence-electron chi connectivity index (χ0n) is 10.4. The molecular weight excluding hydrogens is 228 g/mol. The average Bonchev–Trinajstić information content (AvgIpc) is 3.16. The first-order valence-electron chi connectivity index (χ1n) is 6.75. The number of nitrogens with one attached hydrogen (secondary N) is 1. The maximum Gasteiger partial charge on any atom is 0.250 e. The molecule has 0 unspecified atom stereocenters. The molecule has 4 heteroatoms. The Morgan fingerprint density at radius 3 is 2.83 bits per heavy atom. The van der Waals surface area contributed by atoms with Crippen LogP contribution in [0.4, 0.5) is 0 Å². The largest absolute Gasteiger partial charge is 0.312 e. The van der Waals surface area contributed by atoms with Crippen molar-refractivity contribution in [1.29, 1.82) is 0 Å². The molecule has 0 aliphatic heterocycles. The molecule has 1 fully saturated rings. The summed E-state index contributed by atoms with van der Waals surface area (Å²) in [6.07, 6.45) is 4.83. The van der Waals surface area contributed by atoms with Gasteiger partial charge in [0, 0.05) is 42.9 Å². The Morgan fingerprint density at radius 1 is 1.22 bits per heavy atom. The topological polar surface area (TPSA) is 51.1 Å². The highest BCUT2D eigenvalue weighted by Crippen LogP contribution is 2.20. The van der Waals surface area contributed by atoms with E-state index in [0.717, 1.165) is 30.6 Å². The molecule has 0 spiro atoms. The van der Waals surface area contributed by atoms with Crippen molar-refractivity contribution in [3.8, 4) is 0 Å². The van der Waals surface area contributed by atoms with E-state index >= 15 is 0 Å². The van der Waals surface area contributed by atoms with Crippen molar-refractivity contribution in [3.05, 3.63) is 33.7 Å². The number of pyridine rings is 1. The van der Waals surface area contributed by atoms with E-state index in [9.17, 15) is 9.59 Å². The van der Waals surface area contributed by atoms with Gasteiger partial charge in [-0.1, -0.05) is 0 Å². The molecule has 2 aliphatic rings. The number of nitrogens with zero attached hydrogens (tertiary/aromatic N) is 1. The predicted octanol–water partition coefficient (Wildman–Crippen LogP) is 1.12. The van der Waals surface area contributed by atoms with E-state index in [1.54, 1.807) is 10.6 Å². The fourth-order valence-electron chi connectivity index (χ4n) is 2.61. The highest BCUT2D eigenvalue weighted by Gasteiger charge is 2.22. The Kier molecular flexibility index (Phi) is 3.04. The summed E-state index contributed by atoms with van der Waals surface area (Å²) < 4.78 is 1.78. The summed E-state index contributed by atoms with van der Waals surface area (Å²) in [4.78, 5) is 23.7. The number of aromatic nitrogens is 1. The molecule has 0 amide bonds. The standard InChI is InChI=1S/C14H18N2O2/c17-13-3-1-2-12-11(13)6-7-14(18)16(12)9-8-15-10-4-5-10/h6-7,10,15H,1-5,8-9H2. The molecule has 3 rings (SSSR count). The summed E-state index contributed by atoms with van der Waals surface area (Å²) >= 11 is 0. The minimum Gasteiger partial charge on any atom is -0.312 e. The van der Waals surface area contributed by atoms with Crippen molar-refractivity contribution in [2.24, 2.45) is 0 Å². The van der Waals surface area contributed by atoms with Crippen molar-refractivity contribution in [2.75, 3.05) is 6.54 Å². The maximum absolute atomic E-state index is 11.9. The lowest BCUT2D eigenvalue weighted by Gasteiger charge is -2.20. The van der Waals surface area contributed by atoms with E-state index in [-0.39, 0.29) is 11.3 Å². The monoisotopic (exact) mass is 246 g/mol. The molecule has 2 aliphatic carbocycles. The van der Waals surface area contributed by atoms with Gasteiger partial charge < -0.3 is 9.88 Å². The molecule has 1 aromatic rings. The van der Waals surface area contributed by atoms with Crippen molar-refractivity contribution < 1.29 is 4.79 Å². The minimum atomic E-state index is 0.0149. The average molecular weight is 246 g/mol. The number of rotatable bonds is 4. The smallest absolute Gasteiger partial charge is 0.250 e. The molecule has 0 saturated heterocycles. The first-order valence-corrected chi connectivity index (χ1v) is 6.75. The van der Waals surface area contributed by atoms with Gasteiger partial charge in [-0.2, -0.15) is 0 Å². The third-order valence-electron chi connectivity index (χ3n) is 3.76. The van der Waals surface area contributed by atoms with Gasteiger partial charge in [-0.15, -0.1) is 0 Å². The fraction of sp³-hybridized carbons (Fsp3) is 0.571. The van der Waals surface area contributed by atoms with E-state index < -0.39 is 0 Å². The van der Waals surface area contributed by atoms with E-state index in [1.165, 1.54) is 18.9 Å². The third-order valence-corrected chi connectivity index (χ3v) is 3.76. The minimum absolute atomic E-state index is 0.0149. The molecule has 4 nitrogen and oxygen atoms in total. The number of hydrogen-bond donors (Lipinski definition) is 1. The number of Topliss-reactive ketones (excluding diaryl/α,β-unsaturated/α-hetero) is 1. The Bertz CT molecular complexity index is 529. The number of carbonyl (C=O) groups is 1. The summed E-state index contributed by atoms with van der Waals surface area (Å²) in [7, 11) is 0. The van der Waals surface area contributed by atoms with E-state index in [4.69, 9.17) is 0 Å². The maximum atomic E-state index is 11.9. The lowest BCUT2D eigenvalue weighted by Crippen LogP contribution is -2.32. The van der Waals surface area contributed by atoms with Crippen LogP contribution in [0.2, 0.25) is 0 Å². The number of carbonyl (C=O) groups excluding carboxylic acids is 1. The van der Waals surface area contributed by atoms with Crippen molar-refractivity contribution >= 4 is 5.78 Å². The molecule has 1 saturated carbocycles. The quantitative estimate of drug-likeness (QED) is 0.866. The lowest BCUT2D eigenvalue weighted by molar-refractivity contribution is 0.0970. The molecule has 96 valence electrons. The Labute approximate surface area is 106 Å². The van der Waals surface area contributed by atoms with Crippen LogP contribution in [0, 0.1) is 0 Å². The summed E-state index contributed by atoms with van der Waals surface area (Å²) in [5.74, 6) is 0.181. The second kappa shape index (κ2) is 4.69. The zero-order chi connectivity index (χ0) is 12.5. The Morgan fingerprint density at radius 2 is 2.06 bits per heavy atom. The molecule has 1 aromatic heterocycles. The summed E-state index contributed by atoms with van der Waals surface area (Å²) in [6.45, 7) is 1.49. The highest BCUT2D eigenvalue weighted by molar-refractivity contribution is 5.97. The Hall–Kier alpha value is -1.42. The molecule has 0 radical (unpaired) electrons. The summed E-state index contributed by atoms with van der Waals surface area (Å²) in [5.41, 5.74) is 1.71. The summed E-state index contributed by atoms with van der Waals surface area (Å²) in [6, 6.07) is 3.88. The first kappa shape index (κ1) is 11.7. The van der Waals surface area contributed by atoms with Gasteiger partial charge in [0.05, 0.1) is 0 Å². The number of hydrogen-bond acceptors (Lipinski definition) is 3. The molecule has 1 N–H and O–H groups in total. The van der Waals surface area contributed by atoms with Crippen LogP contribution in [-0.2, 0) is 13.0 Å². The normalized spacial score (nSPS) is 18.8. The van der Waals surface area contributed by atoms with Crippen molar-refractivity contribution in [2.45, 2.75) is 44.7 Å². The number of fused-ring (bicyclic) bond motifs is 1. The van der Waals surface area contributed by atoms with E-state index in [2.05, 4.69) is 5.32 Å². The molecular formula is C14H18N2O2.